The van der Waals surface area contributed by atoms with E-state index < -0.39 is 0 Å². The van der Waals surface area contributed by atoms with Gasteiger partial charge in [-0.1, -0.05) is 12.1 Å². The highest BCUT2D eigenvalue weighted by Crippen LogP contribution is 2.28. The molecule has 1 aromatic heterocycles. The van der Waals surface area contributed by atoms with Gasteiger partial charge in [-0.15, -0.1) is 5.10 Å². The van der Waals surface area contributed by atoms with Gasteiger partial charge in [0.15, 0.2) is 0 Å². The van der Waals surface area contributed by atoms with Crippen molar-refractivity contribution in [3.05, 3.63) is 36.2 Å². The summed E-state index contributed by atoms with van der Waals surface area (Å²) >= 11 is 0. The number of rotatable bonds is 8. The molecule has 1 aromatic carbocycles. The predicted molar refractivity (Wildman–Crippen MR) is 79.6 cm³/mol. The van der Waals surface area contributed by atoms with Crippen LogP contribution in [-0.4, -0.2) is 45.9 Å². The number of amides is 1. The van der Waals surface area contributed by atoms with Crippen molar-refractivity contribution in [1.29, 1.82) is 0 Å². The van der Waals surface area contributed by atoms with E-state index in [0.717, 1.165) is 18.9 Å². The minimum Gasteiger partial charge on any atom is -0.381 e. The normalized spacial score (nSPS) is 14.0. The molecule has 1 fully saturated rings. The molecule has 2 aromatic rings. The third-order valence-electron chi connectivity index (χ3n) is 3.55. The summed E-state index contributed by atoms with van der Waals surface area (Å²) in [7, 11) is 0. The molecule has 1 saturated carbocycles. The van der Waals surface area contributed by atoms with Crippen molar-refractivity contribution in [2.45, 2.75) is 19.3 Å². The first-order valence-electron chi connectivity index (χ1n) is 7.53. The average Bonchev–Trinajstić information content (AvgIpc) is 3.21. The Morgan fingerprint density at radius 1 is 1.36 bits per heavy atom. The third kappa shape index (κ3) is 3.88. The van der Waals surface area contributed by atoms with Gasteiger partial charge < -0.3 is 10.1 Å². The molecular weight excluding hydrogens is 282 g/mol. The fourth-order valence-electron chi connectivity index (χ4n) is 2.14. The largest absolute Gasteiger partial charge is 0.381 e. The number of nitrogens with one attached hydrogen (secondary N) is 1. The second-order valence-corrected chi connectivity index (χ2v) is 5.40. The molecule has 0 bridgehead atoms. The monoisotopic (exact) mass is 301 g/mol. The molecule has 0 aliphatic heterocycles. The maximum atomic E-state index is 12.3. The number of benzene rings is 1. The topological polar surface area (TPSA) is 81.9 Å². The van der Waals surface area contributed by atoms with Crippen LogP contribution in [0.1, 0.15) is 29.6 Å². The number of hydrogen-bond donors (Lipinski definition) is 1. The Morgan fingerprint density at radius 2 is 2.23 bits per heavy atom. The maximum absolute atomic E-state index is 12.3. The molecule has 0 radical (unpaired) electrons. The van der Waals surface area contributed by atoms with Gasteiger partial charge in [0.05, 0.1) is 11.3 Å². The van der Waals surface area contributed by atoms with E-state index in [1.165, 1.54) is 23.9 Å². The first-order chi connectivity index (χ1) is 10.8. The first kappa shape index (κ1) is 14.6. The highest BCUT2D eigenvalue weighted by Gasteiger charge is 2.20. The lowest BCUT2D eigenvalue weighted by molar-refractivity contribution is 0.0937. The van der Waals surface area contributed by atoms with Crippen LogP contribution in [0.4, 0.5) is 0 Å². The Balaban J connectivity index is 1.49. The van der Waals surface area contributed by atoms with E-state index in [4.69, 9.17) is 4.74 Å². The maximum Gasteiger partial charge on any atom is 0.253 e. The molecule has 1 N–H and O–H groups in total. The molecule has 1 heterocycles. The highest BCUT2D eigenvalue weighted by atomic mass is 16.5. The van der Waals surface area contributed by atoms with Gasteiger partial charge in [0, 0.05) is 19.8 Å². The van der Waals surface area contributed by atoms with Crippen LogP contribution < -0.4 is 5.32 Å². The van der Waals surface area contributed by atoms with Crippen LogP contribution in [-0.2, 0) is 4.74 Å². The fourth-order valence-corrected chi connectivity index (χ4v) is 2.14. The predicted octanol–water partition coefficient (Wildman–Crippen LogP) is 1.21. The molecule has 3 rings (SSSR count). The molecular formula is C15H19N5O2. The van der Waals surface area contributed by atoms with Crippen LogP contribution >= 0.6 is 0 Å². The molecule has 7 nitrogen and oxygen atoms in total. The molecule has 0 atom stereocenters. The zero-order valence-corrected chi connectivity index (χ0v) is 12.3. The molecule has 0 saturated heterocycles. The average molecular weight is 301 g/mol. The summed E-state index contributed by atoms with van der Waals surface area (Å²) in [5, 5.41) is 13.9. The van der Waals surface area contributed by atoms with E-state index in [-0.39, 0.29) is 5.91 Å². The van der Waals surface area contributed by atoms with Crippen molar-refractivity contribution < 1.29 is 9.53 Å². The molecule has 0 unspecified atom stereocenters. The van der Waals surface area contributed by atoms with Gasteiger partial charge in [-0.05, 0) is 47.7 Å². The lowest BCUT2D eigenvalue weighted by Gasteiger charge is -2.09. The van der Waals surface area contributed by atoms with Crippen molar-refractivity contribution in [1.82, 2.24) is 25.5 Å². The number of ether oxygens (including phenoxy) is 1. The van der Waals surface area contributed by atoms with Crippen molar-refractivity contribution in [3.63, 3.8) is 0 Å². The smallest absolute Gasteiger partial charge is 0.253 e. The van der Waals surface area contributed by atoms with E-state index in [9.17, 15) is 4.79 Å². The lowest BCUT2D eigenvalue weighted by Crippen LogP contribution is -2.26. The molecule has 1 amide bonds. The number of aromatic nitrogens is 4. The van der Waals surface area contributed by atoms with Gasteiger partial charge in [0.2, 0.25) is 0 Å². The number of carbonyl (C=O) groups excluding carboxylic acids is 1. The summed E-state index contributed by atoms with van der Waals surface area (Å²) in [5.74, 6) is 0.644. The van der Waals surface area contributed by atoms with Gasteiger partial charge in [-0.25, -0.2) is 0 Å². The van der Waals surface area contributed by atoms with Crippen LogP contribution in [0.15, 0.2) is 30.6 Å². The molecule has 116 valence electrons. The molecule has 7 heteroatoms. The van der Waals surface area contributed by atoms with E-state index in [1.54, 1.807) is 6.07 Å². The standard InChI is InChI=1S/C15H19N5O2/c21-15(16-8-3-9-22-10-12-6-7-12)13-4-1-2-5-14(13)20-11-17-18-19-20/h1-2,4-5,11-12H,3,6-10H2,(H,16,21). The van der Waals surface area contributed by atoms with Crippen LogP contribution in [0, 0.1) is 5.92 Å². The van der Waals surface area contributed by atoms with Crippen LogP contribution in [0.3, 0.4) is 0 Å². The Morgan fingerprint density at radius 3 is 3.00 bits per heavy atom. The van der Waals surface area contributed by atoms with E-state index in [0.29, 0.717) is 24.4 Å². The third-order valence-corrected chi connectivity index (χ3v) is 3.55. The summed E-state index contributed by atoms with van der Waals surface area (Å²) in [6.45, 7) is 2.13. The fraction of sp³-hybridized carbons (Fsp3) is 0.467. The summed E-state index contributed by atoms with van der Waals surface area (Å²) in [6.07, 6.45) is 4.87. The lowest BCUT2D eigenvalue weighted by atomic mass is 10.1. The first-order valence-corrected chi connectivity index (χ1v) is 7.53. The molecule has 0 spiro atoms. The highest BCUT2D eigenvalue weighted by molar-refractivity contribution is 5.97. The summed E-state index contributed by atoms with van der Waals surface area (Å²) in [5.41, 5.74) is 1.21. The van der Waals surface area contributed by atoms with Gasteiger partial charge >= 0.3 is 0 Å². The minimum atomic E-state index is -0.131. The summed E-state index contributed by atoms with van der Waals surface area (Å²) in [6, 6.07) is 7.24. The van der Waals surface area contributed by atoms with Crippen LogP contribution in [0.5, 0.6) is 0 Å². The Hall–Kier alpha value is -2.28. The minimum absolute atomic E-state index is 0.131. The quantitative estimate of drug-likeness (QED) is 0.741. The Labute approximate surface area is 128 Å². The summed E-state index contributed by atoms with van der Waals surface area (Å²) < 4.78 is 7.03. The zero-order valence-electron chi connectivity index (χ0n) is 12.3. The van der Waals surface area contributed by atoms with Crippen molar-refractivity contribution >= 4 is 5.91 Å². The second-order valence-electron chi connectivity index (χ2n) is 5.40. The molecule has 1 aliphatic carbocycles. The molecule has 1 aliphatic rings. The van der Waals surface area contributed by atoms with Crippen molar-refractivity contribution in [3.8, 4) is 5.69 Å². The number of hydrogen-bond acceptors (Lipinski definition) is 5. The summed E-state index contributed by atoms with van der Waals surface area (Å²) in [4.78, 5) is 12.3. The van der Waals surface area contributed by atoms with E-state index in [1.807, 2.05) is 18.2 Å². The SMILES string of the molecule is O=C(NCCCOCC1CC1)c1ccccc1-n1cnnn1. The van der Waals surface area contributed by atoms with Gasteiger partial charge in [-0.3, -0.25) is 4.79 Å². The Kier molecular flexibility index (Phi) is 4.75. The van der Waals surface area contributed by atoms with Gasteiger partial charge in [-0.2, -0.15) is 4.68 Å². The zero-order chi connectivity index (χ0) is 15.2. The van der Waals surface area contributed by atoms with E-state index in [2.05, 4.69) is 20.8 Å². The van der Waals surface area contributed by atoms with Crippen LogP contribution in [0.2, 0.25) is 0 Å². The van der Waals surface area contributed by atoms with Gasteiger partial charge in [0.1, 0.15) is 6.33 Å². The van der Waals surface area contributed by atoms with Gasteiger partial charge in [0.25, 0.3) is 5.91 Å². The van der Waals surface area contributed by atoms with Crippen molar-refractivity contribution in [2.75, 3.05) is 19.8 Å². The number of nitrogens with zero attached hydrogens (tertiary/aromatic N) is 4. The number of tetrazole rings is 1. The van der Waals surface area contributed by atoms with E-state index >= 15 is 0 Å². The van der Waals surface area contributed by atoms with Crippen molar-refractivity contribution in [2.24, 2.45) is 5.92 Å². The number of carbonyl (C=O) groups is 1. The molecule has 22 heavy (non-hydrogen) atoms. The Bertz CT molecular complexity index is 610. The number of para-hydroxylation sites is 1. The second kappa shape index (κ2) is 7.13. The van der Waals surface area contributed by atoms with Crippen LogP contribution in [0.25, 0.3) is 5.69 Å².